The predicted octanol–water partition coefficient (Wildman–Crippen LogP) is 4.04. The van der Waals surface area contributed by atoms with Crippen LogP contribution in [0.2, 0.25) is 5.02 Å². The molecule has 0 amide bonds. The molecule has 0 fully saturated rings. The lowest BCUT2D eigenvalue weighted by atomic mass is 10.0. The second kappa shape index (κ2) is 7.38. The van der Waals surface area contributed by atoms with Gasteiger partial charge >= 0.3 is 0 Å². The lowest BCUT2D eigenvalue weighted by Gasteiger charge is -2.19. The minimum Gasteiger partial charge on any atom is -0.490 e. The summed E-state index contributed by atoms with van der Waals surface area (Å²) in [5, 5.41) is 3.82. The Morgan fingerprint density at radius 3 is 2.38 bits per heavy atom. The Kier molecular flexibility index (Phi) is 5.53. The molecule has 2 aromatic rings. The first-order valence-electron chi connectivity index (χ1n) is 7.00. The van der Waals surface area contributed by atoms with Crippen LogP contribution in [0.4, 0.5) is 0 Å². The molecule has 0 saturated heterocycles. The fourth-order valence-electron chi connectivity index (χ4n) is 2.22. The zero-order valence-corrected chi connectivity index (χ0v) is 13.2. The average Bonchev–Trinajstić information content (AvgIpc) is 2.98. The number of halogens is 1. The molecule has 0 aliphatic heterocycles. The molecule has 21 heavy (non-hydrogen) atoms. The minimum absolute atomic E-state index is 0.137. The largest absolute Gasteiger partial charge is 0.490 e. The second-order valence-corrected chi connectivity index (χ2v) is 4.83. The Bertz CT molecular complexity index is 569. The highest BCUT2D eigenvalue weighted by Crippen LogP contribution is 2.38. The highest BCUT2D eigenvalue weighted by atomic mass is 35.5. The van der Waals surface area contributed by atoms with Gasteiger partial charge in [0.1, 0.15) is 5.76 Å². The molecular weight excluding hydrogens is 290 g/mol. The molecule has 2 rings (SSSR count). The van der Waals surface area contributed by atoms with Crippen LogP contribution >= 0.6 is 11.6 Å². The van der Waals surface area contributed by atoms with Crippen molar-refractivity contribution in [2.75, 3.05) is 20.3 Å². The second-order valence-electron chi connectivity index (χ2n) is 4.42. The van der Waals surface area contributed by atoms with Gasteiger partial charge in [0.05, 0.1) is 25.5 Å². The van der Waals surface area contributed by atoms with E-state index in [1.165, 1.54) is 0 Å². The fraction of sp³-hybridized carbons (Fsp3) is 0.375. The van der Waals surface area contributed by atoms with Crippen molar-refractivity contribution in [3.8, 4) is 11.5 Å². The van der Waals surface area contributed by atoms with Crippen LogP contribution in [-0.2, 0) is 0 Å². The van der Waals surface area contributed by atoms with Gasteiger partial charge in [0.25, 0.3) is 0 Å². The highest BCUT2D eigenvalue weighted by molar-refractivity contribution is 6.31. The maximum atomic E-state index is 6.41. The van der Waals surface area contributed by atoms with Crippen molar-refractivity contribution < 1.29 is 13.9 Å². The van der Waals surface area contributed by atoms with Crippen LogP contribution in [0.3, 0.4) is 0 Å². The summed E-state index contributed by atoms with van der Waals surface area (Å²) in [6, 6.07) is 7.32. The molecule has 1 heterocycles. The highest BCUT2D eigenvalue weighted by Gasteiger charge is 2.21. The van der Waals surface area contributed by atoms with E-state index in [9.17, 15) is 0 Å². The average molecular weight is 310 g/mol. The van der Waals surface area contributed by atoms with Crippen molar-refractivity contribution in [2.24, 2.45) is 0 Å². The zero-order valence-electron chi connectivity index (χ0n) is 12.5. The van der Waals surface area contributed by atoms with Gasteiger partial charge in [-0.1, -0.05) is 11.6 Å². The SMILES string of the molecule is CCOc1cc(Cl)c(C(NC)c2ccco2)cc1OCC. The Labute approximate surface area is 130 Å². The third-order valence-electron chi connectivity index (χ3n) is 3.09. The monoisotopic (exact) mass is 309 g/mol. The van der Waals surface area contributed by atoms with E-state index in [0.29, 0.717) is 29.7 Å². The summed E-state index contributed by atoms with van der Waals surface area (Å²) < 4.78 is 16.7. The van der Waals surface area contributed by atoms with Gasteiger partial charge in [0.15, 0.2) is 11.5 Å². The van der Waals surface area contributed by atoms with E-state index in [1.807, 2.05) is 39.1 Å². The van der Waals surface area contributed by atoms with Crippen LogP contribution in [0.25, 0.3) is 0 Å². The number of hydrogen-bond donors (Lipinski definition) is 1. The first kappa shape index (κ1) is 15.7. The molecule has 0 bridgehead atoms. The molecule has 0 saturated carbocycles. The number of benzene rings is 1. The normalized spacial score (nSPS) is 12.2. The standard InChI is InChI=1S/C16H20ClNO3/c1-4-19-14-9-11(12(17)10-15(14)20-5-2)16(18-3)13-7-6-8-21-13/h6-10,16,18H,4-5H2,1-3H3. The third-order valence-corrected chi connectivity index (χ3v) is 3.42. The quantitative estimate of drug-likeness (QED) is 0.838. The lowest BCUT2D eigenvalue weighted by molar-refractivity contribution is 0.287. The van der Waals surface area contributed by atoms with E-state index >= 15 is 0 Å². The van der Waals surface area contributed by atoms with Gasteiger partial charge < -0.3 is 19.2 Å². The van der Waals surface area contributed by atoms with E-state index < -0.39 is 0 Å². The van der Waals surface area contributed by atoms with Gasteiger partial charge in [-0.05, 0) is 44.7 Å². The molecule has 1 unspecified atom stereocenters. The van der Waals surface area contributed by atoms with Crippen LogP contribution in [0.1, 0.15) is 31.2 Å². The first-order chi connectivity index (χ1) is 10.2. The molecule has 0 aliphatic carbocycles. The summed E-state index contributed by atoms with van der Waals surface area (Å²) in [4.78, 5) is 0. The van der Waals surface area contributed by atoms with Gasteiger partial charge in [-0.15, -0.1) is 0 Å². The number of hydrogen-bond acceptors (Lipinski definition) is 4. The Morgan fingerprint density at radius 2 is 1.86 bits per heavy atom. The maximum Gasteiger partial charge on any atom is 0.162 e. The van der Waals surface area contributed by atoms with E-state index in [1.54, 1.807) is 12.3 Å². The van der Waals surface area contributed by atoms with Crippen molar-refractivity contribution in [2.45, 2.75) is 19.9 Å². The van der Waals surface area contributed by atoms with Crippen molar-refractivity contribution in [3.63, 3.8) is 0 Å². The van der Waals surface area contributed by atoms with Gasteiger partial charge in [0, 0.05) is 11.1 Å². The van der Waals surface area contributed by atoms with E-state index in [-0.39, 0.29) is 6.04 Å². The molecule has 1 aromatic heterocycles. The smallest absolute Gasteiger partial charge is 0.162 e. The summed E-state index contributed by atoms with van der Waals surface area (Å²) >= 11 is 6.41. The van der Waals surface area contributed by atoms with Crippen LogP contribution in [0.15, 0.2) is 34.9 Å². The maximum absolute atomic E-state index is 6.41. The van der Waals surface area contributed by atoms with Crippen LogP contribution < -0.4 is 14.8 Å². The van der Waals surface area contributed by atoms with Crippen molar-refractivity contribution in [1.29, 1.82) is 0 Å². The number of furan rings is 1. The predicted molar refractivity (Wildman–Crippen MR) is 83.4 cm³/mol. The van der Waals surface area contributed by atoms with Gasteiger partial charge in [0.2, 0.25) is 0 Å². The summed E-state index contributed by atoms with van der Waals surface area (Å²) in [7, 11) is 1.86. The molecule has 114 valence electrons. The Hall–Kier alpha value is -1.65. The van der Waals surface area contributed by atoms with Gasteiger partial charge in [-0.2, -0.15) is 0 Å². The molecule has 5 heteroatoms. The van der Waals surface area contributed by atoms with Crippen molar-refractivity contribution in [1.82, 2.24) is 5.32 Å². The summed E-state index contributed by atoms with van der Waals surface area (Å²) in [5.41, 5.74) is 0.890. The van der Waals surface area contributed by atoms with E-state index in [2.05, 4.69) is 5.32 Å². The number of rotatable bonds is 7. The molecule has 1 N–H and O–H groups in total. The fourth-order valence-corrected chi connectivity index (χ4v) is 2.48. The zero-order chi connectivity index (χ0) is 15.2. The van der Waals surface area contributed by atoms with Crippen molar-refractivity contribution >= 4 is 11.6 Å². The molecule has 0 radical (unpaired) electrons. The molecule has 0 spiro atoms. The van der Waals surface area contributed by atoms with E-state index in [0.717, 1.165) is 11.3 Å². The van der Waals surface area contributed by atoms with E-state index in [4.69, 9.17) is 25.5 Å². The van der Waals surface area contributed by atoms with Crippen LogP contribution in [0, 0.1) is 0 Å². The number of ether oxygens (including phenoxy) is 2. The molecule has 4 nitrogen and oxygen atoms in total. The molecular formula is C16H20ClNO3. The summed E-state index contributed by atoms with van der Waals surface area (Å²) in [5.74, 6) is 2.14. The third kappa shape index (κ3) is 3.52. The van der Waals surface area contributed by atoms with Gasteiger partial charge in [-0.3, -0.25) is 0 Å². The lowest BCUT2D eigenvalue weighted by Crippen LogP contribution is -2.17. The topological polar surface area (TPSA) is 43.6 Å². The van der Waals surface area contributed by atoms with Crippen molar-refractivity contribution in [3.05, 3.63) is 46.9 Å². The molecule has 0 aliphatic rings. The molecule has 1 atom stereocenters. The van der Waals surface area contributed by atoms with Gasteiger partial charge in [-0.25, -0.2) is 0 Å². The Morgan fingerprint density at radius 1 is 1.19 bits per heavy atom. The first-order valence-corrected chi connectivity index (χ1v) is 7.38. The van der Waals surface area contributed by atoms with Crippen LogP contribution in [-0.4, -0.2) is 20.3 Å². The van der Waals surface area contributed by atoms with Crippen LogP contribution in [0.5, 0.6) is 11.5 Å². The number of nitrogens with one attached hydrogen (secondary N) is 1. The minimum atomic E-state index is -0.137. The summed E-state index contributed by atoms with van der Waals surface area (Å²) in [6.07, 6.45) is 1.64. The molecule has 1 aromatic carbocycles. The summed E-state index contributed by atoms with van der Waals surface area (Å²) in [6.45, 7) is 4.98. The Balaban J connectivity index is 2.45.